The van der Waals surface area contributed by atoms with Gasteiger partial charge >= 0.3 is 6.03 Å². The third-order valence-electron chi connectivity index (χ3n) is 4.70. The Morgan fingerprint density at radius 2 is 2.05 bits per heavy atom. The van der Waals surface area contributed by atoms with Crippen molar-refractivity contribution in [2.75, 3.05) is 25.0 Å². The molecule has 0 bridgehead atoms. The molecule has 0 radical (unpaired) electrons. The van der Waals surface area contributed by atoms with Gasteiger partial charge in [-0.1, -0.05) is 0 Å². The maximum Gasteiger partial charge on any atom is 0.322 e. The van der Waals surface area contributed by atoms with Crippen molar-refractivity contribution in [2.45, 2.75) is 19.4 Å². The van der Waals surface area contributed by atoms with Crippen LogP contribution in [0.3, 0.4) is 0 Å². The number of hydrogen-bond donors (Lipinski definition) is 2. The smallest absolute Gasteiger partial charge is 0.319 e. The molecule has 2 heterocycles. The minimum absolute atomic E-state index is 0.101. The number of halogens is 1. The molecular weight excluding hydrogens is 257 g/mol. The van der Waals surface area contributed by atoms with Gasteiger partial charge in [-0.05, 0) is 49.9 Å². The number of fused-ring (bicyclic) bond motifs is 1. The van der Waals surface area contributed by atoms with Gasteiger partial charge in [0, 0.05) is 30.9 Å². The van der Waals surface area contributed by atoms with Crippen molar-refractivity contribution in [2.24, 2.45) is 11.8 Å². The molecule has 3 rings (SSSR count). The Hall–Kier alpha value is -1.62. The first kappa shape index (κ1) is 13.4. The molecular formula is C15H20FN3O. The van der Waals surface area contributed by atoms with Crippen LogP contribution in [0.25, 0.3) is 0 Å². The van der Waals surface area contributed by atoms with E-state index in [1.165, 1.54) is 12.1 Å². The molecule has 2 amide bonds. The van der Waals surface area contributed by atoms with Crippen LogP contribution in [0.5, 0.6) is 0 Å². The summed E-state index contributed by atoms with van der Waals surface area (Å²) in [7, 11) is 0. The molecule has 2 aliphatic heterocycles. The van der Waals surface area contributed by atoms with Gasteiger partial charge in [-0.25, -0.2) is 9.18 Å². The predicted molar refractivity (Wildman–Crippen MR) is 76.1 cm³/mol. The molecule has 2 atom stereocenters. The van der Waals surface area contributed by atoms with Crippen LogP contribution in [-0.4, -0.2) is 36.1 Å². The summed E-state index contributed by atoms with van der Waals surface area (Å²) in [6.45, 7) is 6.97. The number of rotatable bonds is 1. The minimum atomic E-state index is -0.301. The number of hydrogen-bond acceptors (Lipinski definition) is 2. The Kier molecular flexibility index (Phi) is 3.17. The zero-order chi connectivity index (χ0) is 14.3. The maximum absolute atomic E-state index is 12.9. The molecule has 108 valence electrons. The zero-order valence-electron chi connectivity index (χ0n) is 11.8. The lowest BCUT2D eigenvalue weighted by Crippen LogP contribution is -2.49. The van der Waals surface area contributed by atoms with Crippen molar-refractivity contribution in [3.8, 4) is 0 Å². The second-order valence-electron chi connectivity index (χ2n) is 6.23. The maximum atomic E-state index is 12.9. The summed E-state index contributed by atoms with van der Waals surface area (Å²) in [5.41, 5.74) is 0.473. The Bertz CT molecular complexity index is 514. The van der Waals surface area contributed by atoms with E-state index in [2.05, 4.69) is 24.5 Å². The average molecular weight is 277 g/mol. The van der Waals surface area contributed by atoms with Gasteiger partial charge in [0.05, 0.1) is 0 Å². The number of benzene rings is 1. The zero-order valence-corrected chi connectivity index (χ0v) is 11.8. The first-order valence-corrected chi connectivity index (χ1v) is 7.03. The summed E-state index contributed by atoms with van der Waals surface area (Å²) >= 11 is 0. The van der Waals surface area contributed by atoms with E-state index in [0.29, 0.717) is 17.5 Å². The third kappa shape index (κ3) is 2.16. The van der Waals surface area contributed by atoms with E-state index >= 15 is 0 Å². The first-order chi connectivity index (χ1) is 9.48. The predicted octanol–water partition coefficient (Wildman–Crippen LogP) is 2.29. The number of nitrogens with one attached hydrogen (secondary N) is 2. The fourth-order valence-corrected chi connectivity index (χ4v) is 3.49. The van der Waals surface area contributed by atoms with Crippen molar-refractivity contribution in [3.63, 3.8) is 0 Å². The number of anilines is 1. The Morgan fingerprint density at radius 3 is 2.70 bits per heavy atom. The number of likely N-dealkylation sites (tertiary alicyclic amines) is 1. The second kappa shape index (κ2) is 4.74. The van der Waals surface area contributed by atoms with Crippen LogP contribution in [0.2, 0.25) is 0 Å². The highest BCUT2D eigenvalue weighted by molar-refractivity contribution is 5.90. The lowest BCUT2D eigenvalue weighted by molar-refractivity contribution is 0.157. The second-order valence-corrected chi connectivity index (χ2v) is 6.23. The highest BCUT2D eigenvalue weighted by Crippen LogP contribution is 2.40. The lowest BCUT2D eigenvalue weighted by atomic mass is 9.85. The standard InChI is InChI=1S/C15H20FN3O/c1-15(2)13-8-17-7-10(13)9-19(15)14(20)18-12-5-3-11(16)4-6-12/h3-6,10,13,17H,7-9H2,1-2H3,(H,18,20). The van der Waals surface area contributed by atoms with Crippen LogP contribution in [0.15, 0.2) is 24.3 Å². The topological polar surface area (TPSA) is 44.4 Å². The quantitative estimate of drug-likeness (QED) is 0.827. The summed E-state index contributed by atoms with van der Waals surface area (Å²) in [6.07, 6.45) is 0. The van der Waals surface area contributed by atoms with E-state index in [1.807, 2.05) is 4.90 Å². The molecule has 1 aromatic carbocycles. The number of urea groups is 1. The number of nitrogens with zero attached hydrogens (tertiary/aromatic N) is 1. The average Bonchev–Trinajstić information content (AvgIpc) is 2.95. The molecule has 0 aromatic heterocycles. The van der Waals surface area contributed by atoms with Crippen LogP contribution in [-0.2, 0) is 0 Å². The fraction of sp³-hybridized carbons (Fsp3) is 0.533. The molecule has 2 unspecified atom stereocenters. The summed E-state index contributed by atoms with van der Waals surface area (Å²) in [5.74, 6) is 0.732. The lowest BCUT2D eigenvalue weighted by Gasteiger charge is -2.35. The largest absolute Gasteiger partial charge is 0.322 e. The van der Waals surface area contributed by atoms with Gasteiger partial charge < -0.3 is 15.5 Å². The van der Waals surface area contributed by atoms with Gasteiger partial charge in [0.2, 0.25) is 0 Å². The van der Waals surface area contributed by atoms with E-state index in [-0.39, 0.29) is 17.4 Å². The van der Waals surface area contributed by atoms with Crippen molar-refractivity contribution >= 4 is 11.7 Å². The van der Waals surface area contributed by atoms with Gasteiger partial charge in [0.1, 0.15) is 5.82 Å². The van der Waals surface area contributed by atoms with Crippen LogP contribution < -0.4 is 10.6 Å². The molecule has 2 saturated heterocycles. The summed E-state index contributed by atoms with van der Waals surface area (Å²) < 4.78 is 12.9. The van der Waals surface area contributed by atoms with Gasteiger partial charge in [0.25, 0.3) is 0 Å². The van der Waals surface area contributed by atoms with Gasteiger partial charge in [-0.2, -0.15) is 0 Å². The molecule has 0 aliphatic carbocycles. The summed E-state index contributed by atoms with van der Waals surface area (Å²) in [6, 6.07) is 5.76. The molecule has 20 heavy (non-hydrogen) atoms. The van der Waals surface area contributed by atoms with Crippen LogP contribution >= 0.6 is 0 Å². The van der Waals surface area contributed by atoms with Crippen molar-refractivity contribution in [1.29, 1.82) is 0 Å². The SMILES string of the molecule is CC1(C)C2CNCC2CN1C(=O)Nc1ccc(F)cc1. The summed E-state index contributed by atoms with van der Waals surface area (Å²) in [5, 5.41) is 6.25. The molecule has 1 aromatic rings. The van der Waals surface area contributed by atoms with Crippen molar-refractivity contribution in [3.05, 3.63) is 30.1 Å². The Balaban J connectivity index is 1.73. The molecule has 4 nitrogen and oxygen atoms in total. The van der Waals surface area contributed by atoms with E-state index in [1.54, 1.807) is 12.1 Å². The van der Waals surface area contributed by atoms with Crippen molar-refractivity contribution in [1.82, 2.24) is 10.2 Å². The molecule has 0 saturated carbocycles. The van der Waals surface area contributed by atoms with Gasteiger partial charge in [0.15, 0.2) is 0 Å². The van der Waals surface area contributed by atoms with Crippen LogP contribution in [0.4, 0.5) is 14.9 Å². The van der Waals surface area contributed by atoms with Gasteiger partial charge in [-0.15, -0.1) is 0 Å². The Labute approximate surface area is 118 Å². The highest BCUT2D eigenvalue weighted by Gasteiger charge is 2.51. The highest BCUT2D eigenvalue weighted by atomic mass is 19.1. The fourth-order valence-electron chi connectivity index (χ4n) is 3.49. The molecule has 2 aliphatic rings. The molecule has 2 N–H and O–H groups in total. The van der Waals surface area contributed by atoms with E-state index in [9.17, 15) is 9.18 Å². The van der Waals surface area contributed by atoms with Crippen LogP contribution in [0.1, 0.15) is 13.8 Å². The van der Waals surface area contributed by atoms with Crippen LogP contribution in [0, 0.1) is 17.7 Å². The minimum Gasteiger partial charge on any atom is -0.319 e. The van der Waals surface area contributed by atoms with E-state index in [4.69, 9.17) is 0 Å². The number of carbonyl (C=O) groups excluding carboxylic acids is 1. The monoisotopic (exact) mass is 277 g/mol. The third-order valence-corrected chi connectivity index (χ3v) is 4.70. The molecule has 0 spiro atoms. The normalized spacial score (nSPS) is 27.4. The molecule has 2 fully saturated rings. The summed E-state index contributed by atoms with van der Waals surface area (Å²) in [4.78, 5) is 14.4. The molecule has 5 heteroatoms. The first-order valence-electron chi connectivity index (χ1n) is 7.03. The number of amides is 2. The number of carbonyl (C=O) groups is 1. The Morgan fingerprint density at radius 1 is 1.35 bits per heavy atom. The van der Waals surface area contributed by atoms with Crippen molar-refractivity contribution < 1.29 is 9.18 Å². The van der Waals surface area contributed by atoms with E-state index < -0.39 is 0 Å². The van der Waals surface area contributed by atoms with Gasteiger partial charge in [-0.3, -0.25) is 0 Å². The van der Waals surface area contributed by atoms with E-state index in [0.717, 1.165) is 19.6 Å².